The second-order valence-electron chi connectivity index (χ2n) is 18.5. The monoisotopic (exact) mass is 909 g/mol. The standard InChI is InChI=1S/C59H104O6/c1-4-7-10-13-16-19-21-23-25-27-28-29-30-32-33-35-37-40-43-46-49-52-58(61)64-55-56(54-63-57(60)51-48-45-42-39-18-15-12-9-6-3)65-59(62)53-50-47-44-41-38-36-34-31-26-24-22-20-17-14-11-8-5-2/h17,20-21,23-24,26-28,30,32,56H,4-16,18-19,22,25,29,31,33-55H2,1-3H3/b20-17-,23-21-,26-24-,28-27-,32-30-. The molecule has 0 N–H and O–H groups in total. The molecule has 0 amide bonds. The summed E-state index contributed by atoms with van der Waals surface area (Å²) in [7, 11) is 0. The zero-order valence-electron chi connectivity index (χ0n) is 43.0. The van der Waals surface area contributed by atoms with Gasteiger partial charge in [-0.05, 0) is 89.9 Å². The maximum atomic E-state index is 12.8. The Morgan fingerprint density at radius 2 is 0.554 bits per heavy atom. The number of allylic oxidation sites excluding steroid dienone is 10. The molecule has 0 spiro atoms. The van der Waals surface area contributed by atoms with Crippen molar-refractivity contribution in [1.82, 2.24) is 0 Å². The Bertz CT molecular complexity index is 1180. The van der Waals surface area contributed by atoms with Crippen LogP contribution in [0.3, 0.4) is 0 Å². The lowest BCUT2D eigenvalue weighted by Gasteiger charge is -2.18. The molecule has 0 saturated heterocycles. The van der Waals surface area contributed by atoms with Crippen LogP contribution in [0.4, 0.5) is 0 Å². The van der Waals surface area contributed by atoms with Gasteiger partial charge in [-0.25, -0.2) is 0 Å². The van der Waals surface area contributed by atoms with Gasteiger partial charge in [0, 0.05) is 19.3 Å². The van der Waals surface area contributed by atoms with Gasteiger partial charge in [0.2, 0.25) is 0 Å². The van der Waals surface area contributed by atoms with E-state index in [2.05, 4.69) is 81.5 Å². The molecule has 65 heavy (non-hydrogen) atoms. The van der Waals surface area contributed by atoms with Crippen LogP contribution in [0, 0.1) is 0 Å². The zero-order chi connectivity index (χ0) is 47.2. The maximum Gasteiger partial charge on any atom is 0.306 e. The fourth-order valence-corrected chi connectivity index (χ4v) is 7.77. The molecule has 0 aromatic rings. The van der Waals surface area contributed by atoms with Crippen LogP contribution in [0.5, 0.6) is 0 Å². The first-order chi connectivity index (χ1) is 32.0. The Labute approximate surface area is 402 Å². The third kappa shape index (κ3) is 51.9. The summed E-state index contributed by atoms with van der Waals surface area (Å²) < 4.78 is 16.8. The number of carbonyl (C=O) groups is 3. The lowest BCUT2D eigenvalue weighted by molar-refractivity contribution is -0.167. The summed E-state index contributed by atoms with van der Waals surface area (Å²) in [5, 5.41) is 0. The molecule has 1 unspecified atom stereocenters. The van der Waals surface area contributed by atoms with Crippen molar-refractivity contribution >= 4 is 17.9 Å². The van der Waals surface area contributed by atoms with Gasteiger partial charge < -0.3 is 14.2 Å². The second kappa shape index (κ2) is 53.7. The van der Waals surface area contributed by atoms with Crippen molar-refractivity contribution in [2.45, 2.75) is 284 Å². The Morgan fingerprint density at radius 3 is 0.892 bits per heavy atom. The van der Waals surface area contributed by atoms with Crippen LogP contribution in [0.25, 0.3) is 0 Å². The summed E-state index contributed by atoms with van der Waals surface area (Å²) in [5.74, 6) is -0.897. The molecule has 0 aliphatic rings. The molecule has 0 bridgehead atoms. The van der Waals surface area contributed by atoms with Crippen molar-refractivity contribution in [3.8, 4) is 0 Å². The highest BCUT2D eigenvalue weighted by Crippen LogP contribution is 2.15. The average Bonchev–Trinajstić information content (AvgIpc) is 3.30. The first-order valence-electron chi connectivity index (χ1n) is 27.8. The minimum Gasteiger partial charge on any atom is -0.462 e. The fraction of sp³-hybridized carbons (Fsp3) is 0.780. The van der Waals surface area contributed by atoms with Gasteiger partial charge in [-0.15, -0.1) is 0 Å². The Hall–Kier alpha value is -2.89. The smallest absolute Gasteiger partial charge is 0.306 e. The van der Waals surface area contributed by atoms with Gasteiger partial charge in [0.15, 0.2) is 6.10 Å². The van der Waals surface area contributed by atoms with Crippen LogP contribution in [-0.2, 0) is 28.6 Å². The number of rotatable bonds is 50. The van der Waals surface area contributed by atoms with Gasteiger partial charge in [0.05, 0.1) is 0 Å². The van der Waals surface area contributed by atoms with E-state index in [1.165, 1.54) is 148 Å². The number of ether oxygens (including phenoxy) is 3. The second-order valence-corrected chi connectivity index (χ2v) is 18.5. The molecule has 0 aromatic carbocycles. The van der Waals surface area contributed by atoms with Gasteiger partial charge in [0.25, 0.3) is 0 Å². The van der Waals surface area contributed by atoms with Gasteiger partial charge in [-0.2, -0.15) is 0 Å². The first-order valence-corrected chi connectivity index (χ1v) is 27.8. The van der Waals surface area contributed by atoms with Crippen LogP contribution in [0.15, 0.2) is 60.8 Å². The van der Waals surface area contributed by atoms with Crippen molar-refractivity contribution in [3.05, 3.63) is 60.8 Å². The van der Waals surface area contributed by atoms with E-state index in [-0.39, 0.29) is 31.1 Å². The predicted octanol–water partition coefficient (Wildman–Crippen LogP) is 18.4. The van der Waals surface area contributed by atoms with E-state index in [0.717, 1.165) is 89.9 Å². The lowest BCUT2D eigenvalue weighted by atomic mass is 10.1. The maximum absolute atomic E-state index is 12.8. The molecular formula is C59H104O6. The van der Waals surface area contributed by atoms with E-state index < -0.39 is 6.10 Å². The first kappa shape index (κ1) is 62.1. The topological polar surface area (TPSA) is 78.9 Å². The minimum atomic E-state index is -0.781. The minimum absolute atomic E-state index is 0.0803. The largest absolute Gasteiger partial charge is 0.462 e. The Morgan fingerprint density at radius 1 is 0.308 bits per heavy atom. The summed E-state index contributed by atoms with van der Waals surface area (Å²) in [6, 6.07) is 0. The number of hydrogen-bond acceptors (Lipinski definition) is 6. The molecule has 0 radical (unpaired) electrons. The molecule has 0 heterocycles. The average molecular weight is 909 g/mol. The highest BCUT2D eigenvalue weighted by molar-refractivity contribution is 5.71. The molecule has 0 aromatic heterocycles. The molecule has 0 fully saturated rings. The van der Waals surface area contributed by atoms with Crippen molar-refractivity contribution in [3.63, 3.8) is 0 Å². The summed E-state index contributed by atoms with van der Waals surface area (Å²) in [6.45, 7) is 6.58. The molecular weight excluding hydrogens is 805 g/mol. The molecule has 1 atom stereocenters. The van der Waals surface area contributed by atoms with Crippen LogP contribution >= 0.6 is 0 Å². The van der Waals surface area contributed by atoms with Gasteiger partial charge in [0.1, 0.15) is 13.2 Å². The summed E-state index contributed by atoms with van der Waals surface area (Å²) in [6.07, 6.45) is 66.4. The summed E-state index contributed by atoms with van der Waals surface area (Å²) >= 11 is 0. The number of hydrogen-bond donors (Lipinski definition) is 0. The lowest BCUT2D eigenvalue weighted by Crippen LogP contribution is -2.30. The molecule has 0 saturated carbocycles. The van der Waals surface area contributed by atoms with E-state index in [1.807, 2.05) is 0 Å². The van der Waals surface area contributed by atoms with E-state index >= 15 is 0 Å². The highest BCUT2D eigenvalue weighted by atomic mass is 16.6. The van der Waals surface area contributed by atoms with Crippen LogP contribution in [-0.4, -0.2) is 37.2 Å². The predicted molar refractivity (Wildman–Crippen MR) is 279 cm³/mol. The Kier molecular flexibility index (Phi) is 51.3. The number of esters is 3. The van der Waals surface area contributed by atoms with Gasteiger partial charge >= 0.3 is 17.9 Å². The van der Waals surface area contributed by atoms with E-state index in [9.17, 15) is 14.4 Å². The quantitative estimate of drug-likeness (QED) is 0.0262. The fourth-order valence-electron chi connectivity index (χ4n) is 7.77. The number of carbonyl (C=O) groups excluding carboxylic acids is 3. The van der Waals surface area contributed by atoms with Crippen LogP contribution in [0.1, 0.15) is 278 Å². The third-order valence-corrected chi connectivity index (χ3v) is 12.0. The third-order valence-electron chi connectivity index (χ3n) is 12.0. The molecule has 6 heteroatoms. The van der Waals surface area contributed by atoms with Gasteiger partial charge in [-0.3, -0.25) is 14.4 Å². The van der Waals surface area contributed by atoms with Crippen molar-refractivity contribution < 1.29 is 28.6 Å². The van der Waals surface area contributed by atoms with Crippen molar-refractivity contribution in [2.75, 3.05) is 13.2 Å². The normalized spacial score (nSPS) is 12.5. The zero-order valence-corrected chi connectivity index (χ0v) is 43.0. The molecule has 6 nitrogen and oxygen atoms in total. The SMILES string of the molecule is CCCCC/C=C\C/C=C\CCCCCCCCCC(=O)OC(COC(=O)CCCCCCCC/C=C\C/C=C\C/C=C\CCCCCCC)COC(=O)CCCCCCCCCCC. The van der Waals surface area contributed by atoms with Gasteiger partial charge in [-0.1, -0.05) is 229 Å². The van der Waals surface area contributed by atoms with Crippen molar-refractivity contribution in [1.29, 1.82) is 0 Å². The van der Waals surface area contributed by atoms with E-state index in [4.69, 9.17) is 14.2 Å². The number of unbranched alkanes of at least 4 members (excludes halogenated alkanes) is 29. The van der Waals surface area contributed by atoms with Crippen molar-refractivity contribution in [2.24, 2.45) is 0 Å². The summed E-state index contributed by atoms with van der Waals surface area (Å²) in [4.78, 5) is 38.0. The van der Waals surface area contributed by atoms with E-state index in [0.29, 0.717) is 19.3 Å². The van der Waals surface area contributed by atoms with E-state index in [1.54, 1.807) is 0 Å². The summed E-state index contributed by atoms with van der Waals surface area (Å²) in [5.41, 5.74) is 0. The highest BCUT2D eigenvalue weighted by Gasteiger charge is 2.19. The Balaban J connectivity index is 4.32. The molecule has 376 valence electrons. The molecule has 0 rings (SSSR count). The molecule has 0 aliphatic carbocycles. The molecule has 0 aliphatic heterocycles. The van der Waals surface area contributed by atoms with Crippen LogP contribution < -0.4 is 0 Å². The van der Waals surface area contributed by atoms with Crippen LogP contribution in [0.2, 0.25) is 0 Å².